The van der Waals surface area contributed by atoms with Gasteiger partial charge in [0.1, 0.15) is 0 Å². The lowest BCUT2D eigenvalue weighted by atomic mass is 9.64. The SMILES string of the molecule is CNCC1(c2cccc(C3CCCNC3)c2)CCC1. The molecule has 1 unspecified atom stereocenters. The Morgan fingerprint density at radius 2 is 2.21 bits per heavy atom. The summed E-state index contributed by atoms with van der Waals surface area (Å²) in [7, 11) is 2.08. The largest absolute Gasteiger partial charge is 0.319 e. The van der Waals surface area contributed by atoms with E-state index >= 15 is 0 Å². The molecule has 19 heavy (non-hydrogen) atoms. The molecule has 1 aromatic rings. The van der Waals surface area contributed by atoms with Gasteiger partial charge in [0, 0.05) is 18.5 Å². The molecule has 2 fully saturated rings. The van der Waals surface area contributed by atoms with E-state index in [1.165, 1.54) is 38.6 Å². The zero-order valence-electron chi connectivity index (χ0n) is 12.0. The molecule has 2 nitrogen and oxygen atoms in total. The van der Waals surface area contributed by atoms with Crippen LogP contribution in [0.1, 0.15) is 49.1 Å². The van der Waals surface area contributed by atoms with Gasteiger partial charge in [-0.2, -0.15) is 0 Å². The predicted molar refractivity (Wildman–Crippen MR) is 80.7 cm³/mol. The average molecular weight is 258 g/mol. The second kappa shape index (κ2) is 5.64. The minimum Gasteiger partial charge on any atom is -0.319 e. The topological polar surface area (TPSA) is 24.1 Å². The highest BCUT2D eigenvalue weighted by Crippen LogP contribution is 2.43. The van der Waals surface area contributed by atoms with Gasteiger partial charge in [-0.05, 0) is 56.3 Å². The Morgan fingerprint density at radius 1 is 1.32 bits per heavy atom. The van der Waals surface area contributed by atoms with Gasteiger partial charge in [0.2, 0.25) is 0 Å². The van der Waals surface area contributed by atoms with Crippen molar-refractivity contribution in [2.45, 2.75) is 43.4 Å². The third-order valence-electron chi connectivity index (χ3n) is 5.09. The van der Waals surface area contributed by atoms with Crippen molar-refractivity contribution in [3.8, 4) is 0 Å². The zero-order valence-corrected chi connectivity index (χ0v) is 12.0. The first-order chi connectivity index (χ1) is 9.34. The zero-order chi connectivity index (χ0) is 13.1. The minimum absolute atomic E-state index is 0.423. The fourth-order valence-electron chi connectivity index (χ4n) is 3.77. The van der Waals surface area contributed by atoms with Crippen LogP contribution in [-0.4, -0.2) is 26.7 Å². The van der Waals surface area contributed by atoms with Crippen molar-refractivity contribution in [2.75, 3.05) is 26.7 Å². The van der Waals surface area contributed by atoms with Crippen molar-refractivity contribution in [1.29, 1.82) is 0 Å². The lowest BCUT2D eigenvalue weighted by Crippen LogP contribution is -2.42. The standard InChI is InChI=1S/C17H26N2/c1-18-13-17(8-4-9-17)16-7-2-5-14(11-16)15-6-3-10-19-12-15/h2,5,7,11,15,18-19H,3-4,6,8-10,12-13H2,1H3. The van der Waals surface area contributed by atoms with Crippen LogP contribution in [0.4, 0.5) is 0 Å². The van der Waals surface area contributed by atoms with Gasteiger partial charge in [-0.15, -0.1) is 0 Å². The van der Waals surface area contributed by atoms with Crippen LogP contribution in [0, 0.1) is 0 Å². The van der Waals surface area contributed by atoms with Gasteiger partial charge in [-0.3, -0.25) is 0 Å². The quantitative estimate of drug-likeness (QED) is 0.868. The smallest absolute Gasteiger partial charge is 0.00777 e. The molecule has 1 saturated heterocycles. The molecule has 1 heterocycles. The molecule has 0 bridgehead atoms. The van der Waals surface area contributed by atoms with Crippen LogP contribution in [-0.2, 0) is 5.41 Å². The van der Waals surface area contributed by atoms with E-state index in [9.17, 15) is 0 Å². The molecule has 1 atom stereocenters. The lowest BCUT2D eigenvalue weighted by molar-refractivity contribution is 0.238. The van der Waals surface area contributed by atoms with Gasteiger partial charge in [0.05, 0.1) is 0 Å². The highest BCUT2D eigenvalue weighted by Gasteiger charge is 2.38. The van der Waals surface area contributed by atoms with E-state index in [0.717, 1.165) is 19.0 Å². The Balaban J connectivity index is 1.82. The van der Waals surface area contributed by atoms with Crippen molar-refractivity contribution in [3.63, 3.8) is 0 Å². The van der Waals surface area contributed by atoms with Crippen molar-refractivity contribution in [3.05, 3.63) is 35.4 Å². The van der Waals surface area contributed by atoms with Crippen molar-refractivity contribution in [2.24, 2.45) is 0 Å². The van der Waals surface area contributed by atoms with Crippen LogP contribution in [0.3, 0.4) is 0 Å². The van der Waals surface area contributed by atoms with Gasteiger partial charge in [-0.1, -0.05) is 30.7 Å². The molecule has 1 aliphatic heterocycles. The van der Waals surface area contributed by atoms with E-state index in [2.05, 4.69) is 41.9 Å². The number of nitrogens with one attached hydrogen (secondary N) is 2. The fourth-order valence-corrected chi connectivity index (χ4v) is 3.77. The normalized spacial score (nSPS) is 25.8. The summed E-state index contributed by atoms with van der Waals surface area (Å²) in [4.78, 5) is 0. The summed E-state index contributed by atoms with van der Waals surface area (Å²) in [5, 5.41) is 6.93. The maximum absolute atomic E-state index is 3.53. The molecule has 2 N–H and O–H groups in total. The number of hydrogen-bond donors (Lipinski definition) is 2. The van der Waals surface area contributed by atoms with Crippen molar-refractivity contribution < 1.29 is 0 Å². The summed E-state index contributed by atoms with van der Waals surface area (Å²) in [6, 6.07) is 9.44. The first kappa shape index (κ1) is 13.1. The van der Waals surface area contributed by atoms with Crippen LogP contribution in [0.15, 0.2) is 24.3 Å². The Hall–Kier alpha value is -0.860. The van der Waals surface area contributed by atoms with Gasteiger partial charge < -0.3 is 10.6 Å². The number of hydrogen-bond acceptors (Lipinski definition) is 2. The van der Waals surface area contributed by atoms with E-state index in [-0.39, 0.29) is 0 Å². The maximum Gasteiger partial charge on any atom is 0.00777 e. The van der Waals surface area contributed by atoms with Gasteiger partial charge >= 0.3 is 0 Å². The number of piperidine rings is 1. The maximum atomic E-state index is 3.53. The fraction of sp³-hybridized carbons (Fsp3) is 0.647. The third kappa shape index (κ3) is 2.56. The van der Waals surface area contributed by atoms with E-state index in [4.69, 9.17) is 0 Å². The molecule has 2 aliphatic rings. The summed E-state index contributed by atoms with van der Waals surface area (Å²) < 4.78 is 0. The second-order valence-corrected chi connectivity index (χ2v) is 6.33. The number of benzene rings is 1. The van der Waals surface area contributed by atoms with Crippen LogP contribution >= 0.6 is 0 Å². The second-order valence-electron chi connectivity index (χ2n) is 6.33. The minimum atomic E-state index is 0.423. The summed E-state index contributed by atoms with van der Waals surface area (Å²) in [6.07, 6.45) is 6.74. The molecule has 1 aromatic carbocycles. The molecular weight excluding hydrogens is 232 g/mol. The molecular formula is C17H26N2. The average Bonchev–Trinajstić information content (AvgIpc) is 2.44. The Labute approximate surface area is 117 Å². The molecule has 0 aromatic heterocycles. The monoisotopic (exact) mass is 258 g/mol. The molecule has 2 heteroatoms. The van der Waals surface area contributed by atoms with Gasteiger partial charge in [0.15, 0.2) is 0 Å². The Kier molecular flexibility index (Phi) is 3.90. The number of likely N-dealkylation sites (N-methyl/N-ethyl adjacent to an activating group) is 1. The van der Waals surface area contributed by atoms with E-state index in [1.807, 2.05) is 0 Å². The predicted octanol–water partition coefficient (Wildman–Crippen LogP) is 2.79. The highest BCUT2D eigenvalue weighted by atomic mass is 14.9. The molecule has 0 radical (unpaired) electrons. The van der Waals surface area contributed by atoms with Crippen LogP contribution < -0.4 is 10.6 Å². The molecule has 0 amide bonds. The molecule has 104 valence electrons. The summed E-state index contributed by atoms with van der Waals surface area (Å²) in [5.41, 5.74) is 3.54. The Morgan fingerprint density at radius 3 is 2.84 bits per heavy atom. The van der Waals surface area contributed by atoms with Crippen molar-refractivity contribution in [1.82, 2.24) is 10.6 Å². The molecule has 1 aliphatic carbocycles. The lowest BCUT2D eigenvalue weighted by Gasteiger charge is -2.43. The third-order valence-corrected chi connectivity index (χ3v) is 5.09. The van der Waals surface area contributed by atoms with Gasteiger partial charge in [-0.25, -0.2) is 0 Å². The number of rotatable bonds is 4. The summed E-state index contributed by atoms with van der Waals surface area (Å²) >= 11 is 0. The molecule has 3 rings (SSSR count). The Bertz CT molecular complexity index is 417. The van der Waals surface area contributed by atoms with Crippen LogP contribution in [0.2, 0.25) is 0 Å². The molecule has 1 saturated carbocycles. The van der Waals surface area contributed by atoms with Crippen molar-refractivity contribution >= 4 is 0 Å². The first-order valence-electron chi connectivity index (χ1n) is 7.80. The summed E-state index contributed by atoms with van der Waals surface area (Å²) in [6.45, 7) is 3.47. The first-order valence-corrected chi connectivity index (χ1v) is 7.80. The molecule has 0 spiro atoms. The van der Waals surface area contributed by atoms with Gasteiger partial charge in [0.25, 0.3) is 0 Å². The van der Waals surface area contributed by atoms with Crippen LogP contribution in [0.25, 0.3) is 0 Å². The van der Waals surface area contributed by atoms with E-state index in [0.29, 0.717) is 5.41 Å². The van der Waals surface area contributed by atoms with E-state index < -0.39 is 0 Å². The summed E-state index contributed by atoms with van der Waals surface area (Å²) in [5.74, 6) is 0.723. The van der Waals surface area contributed by atoms with E-state index in [1.54, 1.807) is 11.1 Å². The van der Waals surface area contributed by atoms with Crippen LogP contribution in [0.5, 0.6) is 0 Å². The highest BCUT2D eigenvalue weighted by molar-refractivity contribution is 5.34.